The lowest BCUT2D eigenvalue weighted by atomic mass is 10.1. The number of hydrogen-bond donors (Lipinski definition) is 1. The Hall–Kier alpha value is -4.05. The largest absolute Gasteiger partial charge is 0.487 e. The number of nitrogen functional groups attached to an aromatic ring is 1. The lowest BCUT2D eigenvalue weighted by Gasteiger charge is -2.23. The van der Waals surface area contributed by atoms with Gasteiger partial charge in [0.15, 0.2) is 0 Å². The molecule has 4 rings (SSSR count). The standard InChI is InChI=1S/C28H26N2O2/c29-26-18-25(16-17-27(26)32-21-24-14-8-3-9-15-24)28(31)30(19-22-10-4-1-5-11-22)20-23-12-6-2-7-13-23/h1-18H,19-21,29H2. The van der Waals surface area contributed by atoms with E-state index in [0.29, 0.717) is 36.7 Å². The fourth-order valence-electron chi connectivity index (χ4n) is 3.54. The first-order valence-electron chi connectivity index (χ1n) is 10.6. The normalized spacial score (nSPS) is 10.5. The van der Waals surface area contributed by atoms with Gasteiger partial charge in [-0.25, -0.2) is 0 Å². The highest BCUT2D eigenvalue weighted by molar-refractivity contribution is 5.95. The highest BCUT2D eigenvalue weighted by Crippen LogP contribution is 2.25. The molecule has 0 bridgehead atoms. The van der Waals surface area contributed by atoms with Crippen LogP contribution in [0.3, 0.4) is 0 Å². The lowest BCUT2D eigenvalue weighted by molar-refractivity contribution is 0.0730. The smallest absolute Gasteiger partial charge is 0.254 e. The Morgan fingerprint density at radius 1 is 0.688 bits per heavy atom. The minimum Gasteiger partial charge on any atom is -0.487 e. The molecule has 0 aliphatic rings. The van der Waals surface area contributed by atoms with Crippen LogP contribution in [0.4, 0.5) is 5.69 Å². The van der Waals surface area contributed by atoms with Gasteiger partial charge in [-0.15, -0.1) is 0 Å². The summed E-state index contributed by atoms with van der Waals surface area (Å²) in [6.07, 6.45) is 0. The third kappa shape index (κ3) is 5.55. The molecule has 0 fully saturated rings. The van der Waals surface area contributed by atoms with Crippen LogP contribution in [0.5, 0.6) is 5.75 Å². The molecule has 0 saturated carbocycles. The molecule has 4 aromatic carbocycles. The van der Waals surface area contributed by atoms with E-state index in [1.807, 2.05) is 95.9 Å². The number of carbonyl (C=O) groups is 1. The van der Waals surface area contributed by atoms with Crippen molar-refractivity contribution in [3.8, 4) is 5.75 Å². The summed E-state index contributed by atoms with van der Waals surface area (Å²) in [5.74, 6) is 0.502. The second-order valence-electron chi connectivity index (χ2n) is 7.66. The van der Waals surface area contributed by atoms with E-state index in [-0.39, 0.29) is 5.91 Å². The molecule has 4 aromatic rings. The molecule has 0 saturated heterocycles. The van der Waals surface area contributed by atoms with E-state index in [9.17, 15) is 4.79 Å². The van der Waals surface area contributed by atoms with Gasteiger partial charge in [0.2, 0.25) is 0 Å². The summed E-state index contributed by atoms with van der Waals surface area (Å²) in [6.45, 7) is 1.45. The van der Waals surface area contributed by atoms with Gasteiger partial charge in [0.05, 0.1) is 5.69 Å². The van der Waals surface area contributed by atoms with Crippen LogP contribution in [0, 0.1) is 0 Å². The van der Waals surface area contributed by atoms with Crippen molar-refractivity contribution >= 4 is 11.6 Å². The minimum absolute atomic E-state index is 0.0704. The van der Waals surface area contributed by atoms with E-state index in [4.69, 9.17) is 10.5 Å². The summed E-state index contributed by atoms with van der Waals surface area (Å²) < 4.78 is 5.86. The molecule has 0 aliphatic heterocycles. The first-order valence-corrected chi connectivity index (χ1v) is 10.6. The summed E-state index contributed by atoms with van der Waals surface area (Å²) in [6, 6.07) is 35.2. The first-order chi connectivity index (χ1) is 15.7. The van der Waals surface area contributed by atoms with Crippen molar-refractivity contribution in [3.05, 3.63) is 131 Å². The number of hydrogen-bond acceptors (Lipinski definition) is 3. The summed E-state index contributed by atoms with van der Waals surface area (Å²) in [4.78, 5) is 15.3. The zero-order valence-corrected chi connectivity index (χ0v) is 17.9. The third-order valence-electron chi connectivity index (χ3n) is 5.21. The zero-order chi connectivity index (χ0) is 22.2. The van der Waals surface area contributed by atoms with Gasteiger partial charge in [0, 0.05) is 18.7 Å². The number of nitrogens with zero attached hydrogens (tertiary/aromatic N) is 1. The Labute approximate surface area is 188 Å². The molecule has 0 radical (unpaired) electrons. The van der Waals surface area contributed by atoms with Crippen LogP contribution >= 0.6 is 0 Å². The maximum Gasteiger partial charge on any atom is 0.254 e. The molecule has 2 N–H and O–H groups in total. The summed E-state index contributed by atoms with van der Waals surface area (Å²) >= 11 is 0. The van der Waals surface area contributed by atoms with Crippen molar-refractivity contribution < 1.29 is 9.53 Å². The summed E-state index contributed by atoms with van der Waals surface area (Å²) in [5.41, 5.74) is 10.4. The Morgan fingerprint density at radius 2 is 1.19 bits per heavy atom. The van der Waals surface area contributed by atoms with Gasteiger partial charge >= 0.3 is 0 Å². The number of rotatable bonds is 8. The molecule has 160 valence electrons. The molecular weight excluding hydrogens is 396 g/mol. The maximum absolute atomic E-state index is 13.4. The summed E-state index contributed by atoms with van der Waals surface area (Å²) in [7, 11) is 0. The average molecular weight is 423 g/mol. The molecule has 0 spiro atoms. The van der Waals surface area contributed by atoms with E-state index < -0.39 is 0 Å². The quantitative estimate of drug-likeness (QED) is 0.371. The van der Waals surface area contributed by atoms with Crippen molar-refractivity contribution in [1.82, 2.24) is 4.90 Å². The molecule has 4 heteroatoms. The van der Waals surface area contributed by atoms with Gasteiger partial charge in [0.1, 0.15) is 12.4 Å². The summed E-state index contributed by atoms with van der Waals surface area (Å²) in [5, 5.41) is 0. The van der Waals surface area contributed by atoms with Gasteiger partial charge in [0.25, 0.3) is 5.91 Å². The highest BCUT2D eigenvalue weighted by atomic mass is 16.5. The number of nitrogens with two attached hydrogens (primary N) is 1. The van der Waals surface area contributed by atoms with E-state index in [0.717, 1.165) is 16.7 Å². The number of ether oxygens (including phenoxy) is 1. The van der Waals surface area contributed by atoms with Gasteiger partial charge in [-0.1, -0.05) is 91.0 Å². The monoisotopic (exact) mass is 422 g/mol. The fraction of sp³-hybridized carbons (Fsp3) is 0.107. The molecule has 0 unspecified atom stereocenters. The van der Waals surface area contributed by atoms with Crippen molar-refractivity contribution in [2.24, 2.45) is 0 Å². The van der Waals surface area contributed by atoms with Crippen LogP contribution in [0.15, 0.2) is 109 Å². The van der Waals surface area contributed by atoms with Crippen LogP contribution in [-0.2, 0) is 19.7 Å². The topological polar surface area (TPSA) is 55.6 Å². The number of anilines is 1. The SMILES string of the molecule is Nc1cc(C(=O)N(Cc2ccccc2)Cc2ccccc2)ccc1OCc1ccccc1. The molecule has 0 aliphatic carbocycles. The number of amides is 1. The molecule has 32 heavy (non-hydrogen) atoms. The fourth-order valence-corrected chi connectivity index (χ4v) is 3.54. The molecular formula is C28H26N2O2. The van der Waals surface area contributed by atoms with Crippen molar-refractivity contribution in [1.29, 1.82) is 0 Å². The van der Waals surface area contributed by atoms with Crippen LogP contribution in [-0.4, -0.2) is 10.8 Å². The zero-order valence-electron chi connectivity index (χ0n) is 17.9. The third-order valence-corrected chi connectivity index (χ3v) is 5.21. The Morgan fingerprint density at radius 3 is 1.69 bits per heavy atom. The Bertz CT molecular complexity index is 1100. The Balaban J connectivity index is 1.52. The van der Waals surface area contributed by atoms with Gasteiger partial charge in [-0.05, 0) is 34.9 Å². The van der Waals surface area contributed by atoms with E-state index in [2.05, 4.69) is 0 Å². The van der Waals surface area contributed by atoms with Crippen LogP contribution < -0.4 is 10.5 Å². The second-order valence-corrected chi connectivity index (χ2v) is 7.66. The van der Waals surface area contributed by atoms with E-state index >= 15 is 0 Å². The molecule has 4 nitrogen and oxygen atoms in total. The van der Waals surface area contributed by atoms with Gasteiger partial charge in [-0.2, -0.15) is 0 Å². The minimum atomic E-state index is -0.0704. The first kappa shape index (κ1) is 21.2. The molecule has 0 aromatic heterocycles. The number of benzene rings is 4. The predicted octanol–water partition coefficient (Wildman–Crippen LogP) is 5.69. The highest BCUT2D eigenvalue weighted by Gasteiger charge is 2.18. The van der Waals surface area contributed by atoms with Crippen LogP contribution in [0.1, 0.15) is 27.0 Å². The Kier molecular flexibility index (Phi) is 6.83. The van der Waals surface area contributed by atoms with Crippen molar-refractivity contribution in [2.75, 3.05) is 5.73 Å². The van der Waals surface area contributed by atoms with E-state index in [1.165, 1.54) is 0 Å². The molecule has 1 amide bonds. The predicted molar refractivity (Wildman–Crippen MR) is 128 cm³/mol. The van der Waals surface area contributed by atoms with Crippen molar-refractivity contribution in [3.63, 3.8) is 0 Å². The lowest BCUT2D eigenvalue weighted by Crippen LogP contribution is -2.30. The van der Waals surface area contributed by atoms with Crippen LogP contribution in [0.25, 0.3) is 0 Å². The average Bonchev–Trinajstić information content (AvgIpc) is 2.84. The van der Waals surface area contributed by atoms with E-state index in [1.54, 1.807) is 18.2 Å². The molecule has 0 atom stereocenters. The maximum atomic E-state index is 13.4. The van der Waals surface area contributed by atoms with Gasteiger partial charge < -0.3 is 15.4 Å². The second kappa shape index (κ2) is 10.3. The van der Waals surface area contributed by atoms with Crippen molar-refractivity contribution in [2.45, 2.75) is 19.7 Å². The number of carbonyl (C=O) groups excluding carboxylic acids is 1. The van der Waals surface area contributed by atoms with Gasteiger partial charge in [-0.3, -0.25) is 4.79 Å². The molecule has 0 heterocycles. The van der Waals surface area contributed by atoms with Crippen LogP contribution in [0.2, 0.25) is 0 Å².